The van der Waals surface area contributed by atoms with Crippen LogP contribution in [-0.2, 0) is 11.3 Å². The minimum Gasteiger partial charge on any atom is -0.356 e. The molecule has 0 bridgehead atoms. The average Bonchev–Trinajstić information content (AvgIpc) is 2.98. The van der Waals surface area contributed by atoms with E-state index >= 15 is 0 Å². The number of imidazole rings is 1. The molecule has 1 aromatic rings. The van der Waals surface area contributed by atoms with E-state index < -0.39 is 0 Å². The van der Waals surface area contributed by atoms with Crippen molar-refractivity contribution in [2.45, 2.75) is 57.0 Å². The summed E-state index contributed by atoms with van der Waals surface area (Å²) in [6, 6.07) is 0. The first kappa shape index (κ1) is 15.0. The fourth-order valence-electron chi connectivity index (χ4n) is 3.02. The van der Waals surface area contributed by atoms with Crippen molar-refractivity contribution in [2.24, 2.45) is 0 Å². The Morgan fingerprint density at radius 2 is 2.15 bits per heavy atom. The molecular weight excluding hydrogens is 252 g/mol. The van der Waals surface area contributed by atoms with Crippen LogP contribution < -0.4 is 10.6 Å². The number of amides is 1. The van der Waals surface area contributed by atoms with Crippen LogP contribution in [0.5, 0.6) is 0 Å². The molecule has 5 nitrogen and oxygen atoms in total. The summed E-state index contributed by atoms with van der Waals surface area (Å²) in [4.78, 5) is 16.1. The maximum absolute atomic E-state index is 12.1. The Bertz CT molecular complexity index is 396. The molecule has 1 aromatic heterocycles. The average molecular weight is 278 g/mol. The summed E-state index contributed by atoms with van der Waals surface area (Å²) in [6.07, 6.45) is 13.1. The largest absolute Gasteiger partial charge is 0.356 e. The molecule has 0 atom stereocenters. The summed E-state index contributed by atoms with van der Waals surface area (Å²) < 4.78 is 2.03. The quantitative estimate of drug-likeness (QED) is 0.746. The van der Waals surface area contributed by atoms with E-state index in [0.29, 0.717) is 6.42 Å². The minimum absolute atomic E-state index is 0.0344. The van der Waals surface area contributed by atoms with Crippen LogP contribution in [0, 0.1) is 0 Å². The van der Waals surface area contributed by atoms with Crippen LogP contribution in [0.3, 0.4) is 0 Å². The summed E-state index contributed by atoms with van der Waals surface area (Å²) in [7, 11) is 1.98. The fraction of sp³-hybridized carbons (Fsp3) is 0.733. The molecule has 112 valence electrons. The number of hydrogen-bond donors (Lipinski definition) is 2. The number of carbonyl (C=O) groups is 1. The van der Waals surface area contributed by atoms with Crippen LogP contribution in [0.4, 0.5) is 0 Å². The van der Waals surface area contributed by atoms with Crippen LogP contribution in [0.15, 0.2) is 18.7 Å². The highest BCUT2D eigenvalue weighted by molar-refractivity contribution is 5.77. The second-order valence-electron chi connectivity index (χ2n) is 5.77. The van der Waals surface area contributed by atoms with Crippen LogP contribution in [0.25, 0.3) is 0 Å². The van der Waals surface area contributed by atoms with Gasteiger partial charge in [-0.15, -0.1) is 0 Å². The number of nitrogens with zero attached hydrogens (tertiary/aromatic N) is 2. The molecule has 0 unspecified atom stereocenters. The van der Waals surface area contributed by atoms with Gasteiger partial charge in [0.15, 0.2) is 0 Å². The van der Waals surface area contributed by atoms with Crippen molar-refractivity contribution < 1.29 is 4.79 Å². The molecule has 1 fully saturated rings. The second-order valence-corrected chi connectivity index (χ2v) is 5.77. The zero-order valence-corrected chi connectivity index (χ0v) is 12.4. The first-order valence-electron chi connectivity index (χ1n) is 7.65. The molecule has 5 heteroatoms. The molecule has 2 rings (SSSR count). The first-order chi connectivity index (χ1) is 9.74. The van der Waals surface area contributed by atoms with Gasteiger partial charge in [0.05, 0.1) is 6.33 Å². The maximum Gasteiger partial charge on any atom is 0.221 e. The van der Waals surface area contributed by atoms with Crippen molar-refractivity contribution in [3.05, 3.63) is 18.7 Å². The third kappa shape index (κ3) is 4.34. The molecule has 1 aliphatic rings. The lowest BCUT2D eigenvalue weighted by Gasteiger charge is -2.36. The number of nitrogens with one attached hydrogen (secondary N) is 2. The predicted molar refractivity (Wildman–Crippen MR) is 79.3 cm³/mol. The summed E-state index contributed by atoms with van der Waals surface area (Å²) in [5.41, 5.74) is 0.0344. The molecule has 0 aromatic carbocycles. The van der Waals surface area contributed by atoms with E-state index in [9.17, 15) is 4.79 Å². The molecule has 0 spiro atoms. The number of rotatable bonds is 7. The van der Waals surface area contributed by atoms with Crippen LogP contribution >= 0.6 is 0 Å². The lowest BCUT2D eigenvalue weighted by Crippen LogP contribution is -2.48. The Kier molecular flexibility index (Phi) is 5.59. The molecule has 0 saturated heterocycles. The Morgan fingerprint density at radius 3 is 2.80 bits per heavy atom. The van der Waals surface area contributed by atoms with Gasteiger partial charge in [0.25, 0.3) is 0 Å². The smallest absolute Gasteiger partial charge is 0.221 e. The number of aromatic nitrogens is 2. The Labute approximate surface area is 121 Å². The van der Waals surface area contributed by atoms with E-state index in [0.717, 1.165) is 32.4 Å². The van der Waals surface area contributed by atoms with Gasteiger partial charge in [-0.05, 0) is 26.3 Å². The van der Waals surface area contributed by atoms with Gasteiger partial charge >= 0.3 is 0 Å². The summed E-state index contributed by atoms with van der Waals surface area (Å²) >= 11 is 0. The molecule has 1 heterocycles. The lowest BCUT2D eigenvalue weighted by atomic mass is 9.79. The molecule has 20 heavy (non-hydrogen) atoms. The third-order valence-electron chi connectivity index (χ3n) is 4.31. The standard InChI is InChI=1S/C15H26N4O/c1-16-15(6-3-2-4-7-15)12-14(20)18-8-5-10-19-11-9-17-13-19/h9,11,13,16H,2-8,10,12H2,1H3,(H,18,20). The first-order valence-corrected chi connectivity index (χ1v) is 7.65. The number of hydrogen-bond acceptors (Lipinski definition) is 3. The zero-order chi connectivity index (χ0) is 14.3. The van der Waals surface area contributed by atoms with E-state index in [-0.39, 0.29) is 11.4 Å². The molecule has 1 saturated carbocycles. The monoisotopic (exact) mass is 278 g/mol. The van der Waals surface area contributed by atoms with Gasteiger partial charge in [-0.3, -0.25) is 4.79 Å². The normalized spacial score (nSPS) is 17.9. The Balaban J connectivity index is 1.66. The van der Waals surface area contributed by atoms with E-state index in [1.807, 2.05) is 17.8 Å². The van der Waals surface area contributed by atoms with Crippen LogP contribution in [-0.4, -0.2) is 34.6 Å². The highest BCUT2D eigenvalue weighted by atomic mass is 16.1. The number of aryl methyl sites for hydroxylation is 1. The second kappa shape index (κ2) is 7.43. The van der Waals surface area contributed by atoms with E-state index in [1.54, 1.807) is 12.5 Å². The number of carbonyl (C=O) groups excluding carboxylic acids is 1. The summed E-state index contributed by atoms with van der Waals surface area (Å²) in [5, 5.41) is 6.43. The van der Waals surface area contributed by atoms with Gasteiger partial charge in [0.1, 0.15) is 0 Å². The van der Waals surface area contributed by atoms with Crippen molar-refractivity contribution in [1.82, 2.24) is 20.2 Å². The van der Waals surface area contributed by atoms with E-state index in [2.05, 4.69) is 15.6 Å². The topological polar surface area (TPSA) is 59.0 Å². The summed E-state index contributed by atoms with van der Waals surface area (Å²) in [6.45, 7) is 1.63. The molecule has 0 aliphatic heterocycles. The molecule has 1 aliphatic carbocycles. The molecule has 2 N–H and O–H groups in total. The maximum atomic E-state index is 12.1. The fourth-order valence-corrected chi connectivity index (χ4v) is 3.02. The highest BCUT2D eigenvalue weighted by Crippen LogP contribution is 2.30. The van der Waals surface area contributed by atoms with Crippen molar-refractivity contribution in [3.8, 4) is 0 Å². The van der Waals surface area contributed by atoms with Gasteiger partial charge in [-0.1, -0.05) is 19.3 Å². The van der Waals surface area contributed by atoms with Crippen molar-refractivity contribution in [3.63, 3.8) is 0 Å². The molecular formula is C15H26N4O. The molecule has 0 radical (unpaired) electrons. The van der Waals surface area contributed by atoms with Gasteiger partial charge in [-0.2, -0.15) is 0 Å². The molecule has 1 amide bonds. The van der Waals surface area contributed by atoms with Gasteiger partial charge in [-0.25, -0.2) is 4.98 Å². The minimum atomic E-state index is 0.0344. The summed E-state index contributed by atoms with van der Waals surface area (Å²) in [5.74, 6) is 0.173. The zero-order valence-electron chi connectivity index (χ0n) is 12.4. The lowest BCUT2D eigenvalue weighted by molar-refractivity contribution is -0.122. The predicted octanol–water partition coefficient (Wildman–Crippen LogP) is 1.70. The van der Waals surface area contributed by atoms with Gasteiger partial charge < -0.3 is 15.2 Å². The van der Waals surface area contributed by atoms with Crippen LogP contribution in [0.2, 0.25) is 0 Å². The van der Waals surface area contributed by atoms with Crippen molar-refractivity contribution >= 4 is 5.91 Å². The van der Waals surface area contributed by atoms with Gasteiger partial charge in [0, 0.05) is 37.4 Å². The van der Waals surface area contributed by atoms with Crippen molar-refractivity contribution in [2.75, 3.05) is 13.6 Å². The highest BCUT2D eigenvalue weighted by Gasteiger charge is 2.32. The SMILES string of the molecule is CNC1(CC(=O)NCCCn2ccnc2)CCCCC1. The van der Waals surface area contributed by atoms with E-state index in [1.165, 1.54) is 19.3 Å². The van der Waals surface area contributed by atoms with E-state index in [4.69, 9.17) is 0 Å². The van der Waals surface area contributed by atoms with Crippen LogP contribution in [0.1, 0.15) is 44.9 Å². The van der Waals surface area contributed by atoms with Crippen molar-refractivity contribution in [1.29, 1.82) is 0 Å². The Hall–Kier alpha value is -1.36. The Morgan fingerprint density at radius 1 is 1.35 bits per heavy atom. The third-order valence-corrected chi connectivity index (χ3v) is 4.31. The van der Waals surface area contributed by atoms with Gasteiger partial charge in [0.2, 0.25) is 5.91 Å².